The lowest BCUT2D eigenvalue weighted by Gasteiger charge is -2.22. The summed E-state index contributed by atoms with van der Waals surface area (Å²) >= 11 is 0. The van der Waals surface area contributed by atoms with Crippen LogP contribution in [-0.4, -0.2) is 35.6 Å². The molecule has 5 nitrogen and oxygen atoms in total. The molecule has 0 saturated carbocycles. The van der Waals surface area contributed by atoms with Crippen LogP contribution in [0.4, 0.5) is 13.2 Å². The van der Waals surface area contributed by atoms with Crippen LogP contribution < -0.4 is 4.74 Å². The molecule has 1 aliphatic rings. The average Bonchev–Trinajstić information content (AvgIpc) is 3.04. The molecular weight excluding hydrogens is 325 g/mol. The van der Waals surface area contributed by atoms with E-state index in [1.54, 1.807) is 17.1 Å². The molecule has 1 aliphatic heterocycles. The fraction of sp³-hybridized carbons (Fsp3) is 0.375. The summed E-state index contributed by atoms with van der Waals surface area (Å²) in [5.74, 6) is -0.430. The molecule has 24 heavy (non-hydrogen) atoms. The summed E-state index contributed by atoms with van der Waals surface area (Å²) in [6.45, 7) is 1.31. The fourth-order valence-corrected chi connectivity index (χ4v) is 2.69. The van der Waals surface area contributed by atoms with Gasteiger partial charge in [-0.1, -0.05) is 0 Å². The maximum Gasteiger partial charge on any atom is 0.573 e. The minimum atomic E-state index is -4.81. The van der Waals surface area contributed by atoms with Crippen molar-refractivity contribution in [1.29, 1.82) is 0 Å². The van der Waals surface area contributed by atoms with Crippen molar-refractivity contribution >= 4 is 6.29 Å². The summed E-state index contributed by atoms with van der Waals surface area (Å²) in [6.07, 6.45) is 0.657. The highest BCUT2D eigenvalue weighted by Crippen LogP contribution is 2.30. The van der Waals surface area contributed by atoms with E-state index in [1.807, 2.05) is 0 Å². The van der Waals surface area contributed by atoms with Crippen molar-refractivity contribution in [3.05, 3.63) is 36.2 Å². The SMILES string of the molecule is O=Cc1cc(OC(F)(F)F)cc(-c2cnn(C3CCOCC3)c2)c1. The van der Waals surface area contributed by atoms with Crippen LogP contribution in [0.2, 0.25) is 0 Å². The molecule has 128 valence electrons. The van der Waals surface area contributed by atoms with Crippen LogP contribution in [0, 0.1) is 0 Å². The quantitative estimate of drug-likeness (QED) is 0.798. The second-order valence-corrected chi connectivity index (χ2v) is 5.51. The molecule has 1 fully saturated rings. The Morgan fingerprint density at radius 1 is 1.21 bits per heavy atom. The van der Waals surface area contributed by atoms with Crippen molar-refractivity contribution in [3.8, 4) is 16.9 Å². The molecule has 0 bridgehead atoms. The maximum atomic E-state index is 12.4. The third kappa shape index (κ3) is 3.94. The number of alkyl halides is 3. The molecule has 0 radical (unpaired) electrons. The first-order chi connectivity index (χ1) is 11.4. The highest BCUT2D eigenvalue weighted by Gasteiger charge is 2.31. The van der Waals surface area contributed by atoms with Crippen molar-refractivity contribution in [1.82, 2.24) is 9.78 Å². The third-order valence-corrected chi connectivity index (χ3v) is 3.80. The van der Waals surface area contributed by atoms with Crippen LogP contribution in [0.25, 0.3) is 11.1 Å². The van der Waals surface area contributed by atoms with Crippen molar-refractivity contribution in [2.24, 2.45) is 0 Å². The van der Waals surface area contributed by atoms with Crippen molar-refractivity contribution in [2.45, 2.75) is 25.2 Å². The molecule has 0 amide bonds. The molecule has 0 spiro atoms. The zero-order valence-corrected chi connectivity index (χ0v) is 12.6. The Bertz CT molecular complexity index is 722. The van der Waals surface area contributed by atoms with Crippen LogP contribution >= 0.6 is 0 Å². The molecule has 1 aromatic heterocycles. The lowest BCUT2D eigenvalue weighted by molar-refractivity contribution is -0.274. The topological polar surface area (TPSA) is 53.3 Å². The van der Waals surface area contributed by atoms with Crippen LogP contribution in [0.3, 0.4) is 0 Å². The van der Waals surface area contributed by atoms with E-state index in [0.717, 1.165) is 18.9 Å². The van der Waals surface area contributed by atoms with Crippen LogP contribution in [0.5, 0.6) is 5.75 Å². The monoisotopic (exact) mass is 340 g/mol. The number of carbonyl (C=O) groups excluding carboxylic acids is 1. The first-order valence-electron chi connectivity index (χ1n) is 7.43. The molecule has 3 rings (SSSR count). The van der Waals surface area contributed by atoms with Gasteiger partial charge in [-0.15, -0.1) is 13.2 Å². The number of aromatic nitrogens is 2. The van der Waals surface area contributed by atoms with E-state index in [4.69, 9.17) is 4.74 Å². The van der Waals surface area contributed by atoms with Crippen molar-refractivity contribution < 1.29 is 27.4 Å². The Labute approximate surface area is 136 Å². The second-order valence-electron chi connectivity index (χ2n) is 5.51. The molecule has 8 heteroatoms. The normalized spacial score (nSPS) is 16.1. The van der Waals surface area contributed by atoms with Crippen molar-refractivity contribution in [3.63, 3.8) is 0 Å². The van der Waals surface area contributed by atoms with Gasteiger partial charge in [0.25, 0.3) is 0 Å². The largest absolute Gasteiger partial charge is 0.573 e. The van der Waals surface area contributed by atoms with Crippen LogP contribution in [0.15, 0.2) is 30.6 Å². The number of rotatable bonds is 4. The van der Waals surface area contributed by atoms with Gasteiger partial charge in [-0.3, -0.25) is 9.48 Å². The van der Waals surface area contributed by atoms with Gasteiger partial charge in [-0.25, -0.2) is 0 Å². The average molecular weight is 340 g/mol. The van der Waals surface area contributed by atoms with Crippen LogP contribution in [0.1, 0.15) is 29.2 Å². The summed E-state index contributed by atoms with van der Waals surface area (Å²) in [4.78, 5) is 11.0. The number of benzene rings is 1. The number of halogens is 3. The third-order valence-electron chi connectivity index (χ3n) is 3.80. The number of ether oxygens (including phenoxy) is 2. The minimum absolute atomic E-state index is 0.102. The number of carbonyl (C=O) groups is 1. The van der Waals surface area contributed by atoms with Gasteiger partial charge in [0.1, 0.15) is 12.0 Å². The molecule has 1 aromatic carbocycles. The summed E-state index contributed by atoms with van der Waals surface area (Å²) in [5, 5.41) is 4.29. The van der Waals surface area contributed by atoms with Gasteiger partial charge in [0.05, 0.1) is 12.2 Å². The maximum absolute atomic E-state index is 12.4. The molecule has 0 aliphatic carbocycles. The highest BCUT2D eigenvalue weighted by atomic mass is 19.4. The van der Waals surface area contributed by atoms with E-state index in [1.165, 1.54) is 12.1 Å². The van der Waals surface area contributed by atoms with E-state index < -0.39 is 12.1 Å². The summed E-state index contributed by atoms with van der Waals surface area (Å²) in [5.41, 5.74) is 1.17. The number of hydrogen-bond donors (Lipinski definition) is 0. The van der Waals surface area contributed by atoms with E-state index in [9.17, 15) is 18.0 Å². The lowest BCUT2D eigenvalue weighted by Crippen LogP contribution is -2.19. The Hall–Kier alpha value is -2.35. The predicted molar refractivity (Wildman–Crippen MR) is 78.8 cm³/mol. The van der Waals surface area contributed by atoms with E-state index in [2.05, 4.69) is 9.84 Å². The van der Waals surface area contributed by atoms with Gasteiger partial charge in [0.2, 0.25) is 0 Å². The first kappa shape index (κ1) is 16.5. The Kier molecular flexibility index (Phi) is 4.57. The first-order valence-corrected chi connectivity index (χ1v) is 7.43. The predicted octanol–water partition coefficient (Wildman–Crippen LogP) is 3.61. The van der Waals surface area contributed by atoms with E-state index >= 15 is 0 Å². The van der Waals surface area contributed by atoms with Gasteiger partial charge in [0, 0.05) is 30.5 Å². The lowest BCUT2D eigenvalue weighted by atomic mass is 10.1. The summed E-state index contributed by atoms with van der Waals surface area (Å²) in [6, 6.07) is 3.99. The molecular formula is C16H15F3N2O3. The summed E-state index contributed by atoms with van der Waals surface area (Å²) in [7, 11) is 0. The number of nitrogens with zero attached hydrogens (tertiary/aromatic N) is 2. The summed E-state index contributed by atoms with van der Waals surface area (Å²) < 4.78 is 48.3. The Balaban J connectivity index is 1.89. The van der Waals surface area contributed by atoms with Gasteiger partial charge in [0.15, 0.2) is 0 Å². The van der Waals surface area contributed by atoms with Gasteiger partial charge >= 0.3 is 6.36 Å². The van der Waals surface area contributed by atoms with Gasteiger partial charge in [-0.2, -0.15) is 5.10 Å². The molecule has 2 heterocycles. The number of aldehydes is 1. The molecule has 0 unspecified atom stereocenters. The zero-order chi connectivity index (χ0) is 17.2. The van der Waals surface area contributed by atoms with Crippen molar-refractivity contribution in [2.75, 3.05) is 13.2 Å². The van der Waals surface area contributed by atoms with Gasteiger partial charge in [-0.05, 0) is 36.6 Å². The van der Waals surface area contributed by atoms with E-state index in [0.29, 0.717) is 30.6 Å². The second kappa shape index (κ2) is 6.64. The smallest absolute Gasteiger partial charge is 0.406 e. The highest BCUT2D eigenvalue weighted by molar-refractivity contribution is 5.80. The molecule has 0 N–H and O–H groups in total. The van der Waals surface area contributed by atoms with E-state index in [-0.39, 0.29) is 11.6 Å². The van der Waals surface area contributed by atoms with Crippen LogP contribution in [-0.2, 0) is 4.74 Å². The number of hydrogen-bond acceptors (Lipinski definition) is 4. The standard InChI is InChI=1S/C16H15F3N2O3/c17-16(18,19)24-15-6-11(10-22)5-12(7-15)13-8-20-21(9-13)14-1-3-23-4-2-14/h5-10,14H,1-4H2. The molecule has 0 atom stereocenters. The fourth-order valence-electron chi connectivity index (χ4n) is 2.69. The molecule has 1 saturated heterocycles. The van der Waals surface area contributed by atoms with Gasteiger partial charge < -0.3 is 9.47 Å². The zero-order valence-electron chi connectivity index (χ0n) is 12.6. The Morgan fingerprint density at radius 3 is 2.62 bits per heavy atom. The Morgan fingerprint density at radius 2 is 1.96 bits per heavy atom. The minimum Gasteiger partial charge on any atom is -0.406 e. The molecule has 2 aromatic rings.